The van der Waals surface area contributed by atoms with Crippen LogP contribution in [-0.4, -0.2) is 15.7 Å². The van der Waals surface area contributed by atoms with Crippen molar-refractivity contribution in [2.45, 2.75) is 12.8 Å². The highest BCUT2D eigenvalue weighted by Gasteiger charge is 2.30. The molecule has 2 aromatic rings. The van der Waals surface area contributed by atoms with Gasteiger partial charge in [0.05, 0.1) is 11.4 Å². The van der Waals surface area contributed by atoms with Gasteiger partial charge in [0, 0.05) is 23.3 Å². The van der Waals surface area contributed by atoms with Crippen LogP contribution in [0.5, 0.6) is 0 Å². The molecule has 1 aromatic heterocycles. The van der Waals surface area contributed by atoms with Gasteiger partial charge in [-0.05, 0) is 37.1 Å². The highest BCUT2D eigenvalue weighted by atomic mass is 35.5. The minimum atomic E-state index is 0.0608. The van der Waals surface area contributed by atoms with E-state index in [0.717, 1.165) is 18.5 Å². The fraction of sp³-hybridized carbons (Fsp3) is 0.231. The van der Waals surface area contributed by atoms with Gasteiger partial charge in [0.25, 0.3) is 0 Å². The standard InChI is InChI=1S/C13H12ClN3O/c14-10-4-5-12(17-7-1-6-15-17)11(8-10)16-13(18)9-2-3-9/h1,4-9H,2-3H2,(H,16,18). The minimum absolute atomic E-state index is 0.0608. The summed E-state index contributed by atoms with van der Waals surface area (Å²) in [6, 6.07) is 7.21. The zero-order valence-electron chi connectivity index (χ0n) is 9.64. The number of nitrogens with zero attached hydrogens (tertiary/aromatic N) is 2. The number of carbonyl (C=O) groups is 1. The molecule has 0 spiro atoms. The second-order valence-corrected chi connectivity index (χ2v) is 4.81. The van der Waals surface area contributed by atoms with E-state index in [4.69, 9.17) is 11.6 Å². The van der Waals surface area contributed by atoms with E-state index < -0.39 is 0 Å². The largest absolute Gasteiger partial charge is 0.324 e. The lowest BCUT2D eigenvalue weighted by Gasteiger charge is -2.11. The predicted octanol–water partition coefficient (Wildman–Crippen LogP) is 2.87. The maximum atomic E-state index is 11.8. The van der Waals surface area contributed by atoms with E-state index in [2.05, 4.69) is 10.4 Å². The summed E-state index contributed by atoms with van der Waals surface area (Å²) < 4.78 is 1.71. The number of nitrogens with one attached hydrogen (secondary N) is 1. The van der Waals surface area contributed by atoms with Crippen LogP contribution in [0.3, 0.4) is 0 Å². The number of hydrogen-bond donors (Lipinski definition) is 1. The summed E-state index contributed by atoms with van der Waals surface area (Å²) in [6.45, 7) is 0. The van der Waals surface area contributed by atoms with Gasteiger partial charge in [0.15, 0.2) is 0 Å². The van der Waals surface area contributed by atoms with Gasteiger partial charge in [0.1, 0.15) is 0 Å². The van der Waals surface area contributed by atoms with E-state index in [9.17, 15) is 4.79 Å². The van der Waals surface area contributed by atoms with Crippen molar-refractivity contribution in [3.8, 4) is 5.69 Å². The van der Waals surface area contributed by atoms with Crippen molar-refractivity contribution in [3.63, 3.8) is 0 Å². The fourth-order valence-electron chi connectivity index (χ4n) is 1.80. The Morgan fingerprint density at radius 3 is 2.94 bits per heavy atom. The summed E-state index contributed by atoms with van der Waals surface area (Å²) in [7, 11) is 0. The molecule has 1 fully saturated rings. The molecular weight excluding hydrogens is 250 g/mol. The Labute approximate surface area is 110 Å². The molecule has 1 aromatic carbocycles. The molecule has 1 aliphatic rings. The molecular formula is C13H12ClN3O. The van der Waals surface area contributed by atoms with E-state index in [1.807, 2.05) is 18.3 Å². The number of anilines is 1. The van der Waals surface area contributed by atoms with Gasteiger partial charge in [-0.1, -0.05) is 11.6 Å². The second-order valence-electron chi connectivity index (χ2n) is 4.38. The van der Waals surface area contributed by atoms with Gasteiger partial charge >= 0.3 is 0 Å². The lowest BCUT2D eigenvalue weighted by atomic mass is 10.2. The van der Waals surface area contributed by atoms with Gasteiger partial charge in [-0.2, -0.15) is 5.10 Å². The van der Waals surface area contributed by atoms with Crippen molar-refractivity contribution in [2.24, 2.45) is 5.92 Å². The quantitative estimate of drug-likeness (QED) is 0.924. The van der Waals surface area contributed by atoms with Gasteiger partial charge in [-0.3, -0.25) is 4.79 Å². The van der Waals surface area contributed by atoms with Crippen LogP contribution < -0.4 is 5.32 Å². The lowest BCUT2D eigenvalue weighted by molar-refractivity contribution is -0.117. The summed E-state index contributed by atoms with van der Waals surface area (Å²) >= 11 is 5.98. The maximum absolute atomic E-state index is 11.8. The summed E-state index contributed by atoms with van der Waals surface area (Å²) in [5.41, 5.74) is 1.52. The Morgan fingerprint density at radius 1 is 1.44 bits per heavy atom. The first-order valence-electron chi connectivity index (χ1n) is 5.84. The maximum Gasteiger partial charge on any atom is 0.227 e. The Kier molecular flexibility index (Phi) is 2.80. The van der Waals surface area contributed by atoms with Gasteiger partial charge < -0.3 is 5.32 Å². The fourth-order valence-corrected chi connectivity index (χ4v) is 1.97. The molecule has 0 aliphatic heterocycles. The Hall–Kier alpha value is -1.81. The third-order valence-electron chi connectivity index (χ3n) is 2.92. The Bertz CT molecular complexity index is 576. The first-order valence-corrected chi connectivity index (χ1v) is 6.22. The smallest absolute Gasteiger partial charge is 0.227 e. The number of hydrogen-bond acceptors (Lipinski definition) is 2. The Morgan fingerprint density at radius 2 is 2.28 bits per heavy atom. The minimum Gasteiger partial charge on any atom is -0.324 e. The van der Waals surface area contributed by atoms with Crippen LogP contribution in [0.2, 0.25) is 5.02 Å². The van der Waals surface area contributed by atoms with Crippen LogP contribution in [0.4, 0.5) is 5.69 Å². The zero-order chi connectivity index (χ0) is 12.5. The van der Waals surface area contributed by atoms with Crippen LogP contribution in [0.15, 0.2) is 36.7 Å². The first-order chi connectivity index (χ1) is 8.74. The van der Waals surface area contributed by atoms with Crippen molar-refractivity contribution >= 4 is 23.2 Å². The van der Waals surface area contributed by atoms with E-state index in [-0.39, 0.29) is 11.8 Å². The number of rotatable bonds is 3. The molecule has 18 heavy (non-hydrogen) atoms. The predicted molar refractivity (Wildman–Crippen MR) is 69.9 cm³/mol. The zero-order valence-corrected chi connectivity index (χ0v) is 10.4. The Balaban J connectivity index is 1.95. The second kappa shape index (κ2) is 4.46. The monoisotopic (exact) mass is 261 g/mol. The molecule has 0 saturated heterocycles. The van der Waals surface area contributed by atoms with Gasteiger partial charge in [-0.15, -0.1) is 0 Å². The average Bonchev–Trinajstić information content (AvgIpc) is 3.07. The summed E-state index contributed by atoms with van der Waals surface area (Å²) in [4.78, 5) is 11.8. The molecule has 1 heterocycles. The SMILES string of the molecule is O=C(Nc1cc(Cl)ccc1-n1cccn1)C1CC1. The highest BCUT2D eigenvalue weighted by Crippen LogP contribution is 2.32. The average molecular weight is 262 g/mol. The lowest BCUT2D eigenvalue weighted by Crippen LogP contribution is -2.15. The molecule has 5 heteroatoms. The van der Waals surface area contributed by atoms with E-state index in [1.54, 1.807) is 23.0 Å². The van der Waals surface area contributed by atoms with Crippen molar-refractivity contribution in [1.29, 1.82) is 0 Å². The number of carbonyl (C=O) groups excluding carboxylic acids is 1. The van der Waals surface area contributed by atoms with Crippen LogP contribution in [0.25, 0.3) is 5.69 Å². The van der Waals surface area contributed by atoms with Gasteiger partial charge in [0.2, 0.25) is 5.91 Å². The molecule has 0 atom stereocenters. The summed E-state index contributed by atoms with van der Waals surface area (Å²) in [6.07, 6.45) is 5.48. The first kappa shape index (κ1) is 11.3. The normalized spacial score (nSPS) is 14.5. The molecule has 0 unspecified atom stereocenters. The molecule has 0 radical (unpaired) electrons. The van der Waals surface area contributed by atoms with Gasteiger partial charge in [-0.25, -0.2) is 4.68 Å². The van der Waals surface area contributed by atoms with E-state index in [1.165, 1.54) is 0 Å². The molecule has 3 rings (SSSR count). The van der Waals surface area contributed by atoms with Crippen molar-refractivity contribution in [2.75, 3.05) is 5.32 Å². The number of amides is 1. The third kappa shape index (κ3) is 2.24. The van der Waals surface area contributed by atoms with Crippen LogP contribution in [0, 0.1) is 5.92 Å². The summed E-state index contributed by atoms with van der Waals surface area (Å²) in [5.74, 6) is 0.222. The van der Waals surface area contributed by atoms with E-state index >= 15 is 0 Å². The molecule has 1 saturated carbocycles. The molecule has 1 aliphatic carbocycles. The molecule has 1 amide bonds. The molecule has 0 bridgehead atoms. The molecule has 1 N–H and O–H groups in total. The highest BCUT2D eigenvalue weighted by molar-refractivity contribution is 6.31. The van der Waals surface area contributed by atoms with Crippen molar-refractivity contribution in [1.82, 2.24) is 9.78 Å². The number of halogens is 1. The molecule has 4 nitrogen and oxygen atoms in total. The number of benzene rings is 1. The van der Waals surface area contributed by atoms with Crippen LogP contribution in [-0.2, 0) is 4.79 Å². The van der Waals surface area contributed by atoms with Crippen molar-refractivity contribution < 1.29 is 4.79 Å². The van der Waals surface area contributed by atoms with Crippen LogP contribution in [0.1, 0.15) is 12.8 Å². The molecule has 92 valence electrons. The number of aromatic nitrogens is 2. The van der Waals surface area contributed by atoms with E-state index in [0.29, 0.717) is 10.7 Å². The van der Waals surface area contributed by atoms with Crippen molar-refractivity contribution in [3.05, 3.63) is 41.7 Å². The topological polar surface area (TPSA) is 46.9 Å². The third-order valence-corrected chi connectivity index (χ3v) is 3.15. The summed E-state index contributed by atoms with van der Waals surface area (Å²) in [5, 5.41) is 7.68. The van der Waals surface area contributed by atoms with Crippen LogP contribution >= 0.6 is 11.6 Å².